The Labute approximate surface area is 176 Å². The molecule has 1 saturated heterocycles. The van der Waals surface area contributed by atoms with Crippen molar-refractivity contribution >= 4 is 44.8 Å². The van der Waals surface area contributed by atoms with Crippen LogP contribution in [0.2, 0.25) is 0 Å². The molecule has 1 fully saturated rings. The highest BCUT2D eigenvalue weighted by molar-refractivity contribution is 9.10. The number of halogens is 2. The quantitative estimate of drug-likeness (QED) is 0.533. The van der Waals surface area contributed by atoms with E-state index in [0.717, 1.165) is 15.2 Å². The number of amides is 1. The van der Waals surface area contributed by atoms with Crippen LogP contribution < -0.4 is 4.74 Å². The Bertz CT molecular complexity index is 946. The number of ether oxygens (including phenoxy) is 1. The van der Waals surface area contributed by atoms with Crippen molar-refractivity contribution in [1.29, 1.82) is 0 Å². The van der Waals surface area contributed by atoms with Gasteiger partial charge >= 0.3 is 0 Å². The molecule has 0 bridgehead atoms. The van der Waals surface area contributed by atoms with Crippen molar-refractivity contribution in [2.75, 3.05) is 13.1 Å². The van der Waals surface area contributed by atoms with E-state index in [4.69, 9.17) is 4.74 Å². The molecule has 7 heteroatoms. The molecule has 0 aliphatic carbocycles. The third-order valence-electron chi connectivity index (χ3n) is 4.09. The fourth-order valence-electron chi connectivity index (χ4n) is 2.69. The minimum absolute atomic E-state index is 0.0318. The standard InChI is InChI=1S/C21H20BrFN2O2S/c1-3-24-21-25(4-2)20(26)19(28-21)12-14-9-10-18(16(22)11-14)27-13-15-7-5-6-8-17(15)23/h5-12H,3-4,13H2,1-2H3/b19-12+,24-21?. The highest BCUT2D eigenvalue weighted by Crippen LogP contribution is 2.34. The van der Waals surface area contributed by atoms with Gasteiger partial charge in [-0.15, -0.1) is 0 Å². The zero-order valence-corrected chi connectivity index (χ0v) is 18.0. The maximum absolute atomic E-state index is 13.7. The van der Waals surface area contributed by atoms with Gasteiger partial charge in [0.25, 0.3) is 5.91 Å². The van der Waals surface area contributed by atoms with Crippen molar-refractivity contribution in [3.63, 3.8) is 0 Å². The number of carbonyl (C=O) groups excluding carboxylic acids is 1. The summed E-state index contributed by atoms with van der Waals surface area (Å²) in [5.41, 5.74) is 1.37. The molecule has 1 aliphatic rings. The minimum atomic E-state index is -0.290. The summed E-state index contributed by atoms with van der Waals surface area (Å²) >= 11 is 4.88. The lowest BCUT2D eigenvalue weighted by Gasteiger charge is -2.11. The first-order valence-electron chi connectivity index (χ1n) is 8.95. The second-order valence-electron chi connectivity index (χ2n) is 5.99. The van der Waals surface area contributed by atoms with E-state index in [-0.39, 0.29) is 18.3 Å². The number of rotatable bonds is 6. The molecule has 0 N–H and O–H groups in total. The molecule has 0 aromatic heterocycles. The number of amidine groups is 1. The molecule has 4 nitrogen and oxygen atoms in total. The van der Waals surface area contributed by atoms with E-state index in [1.807, 2.05) is 32.1 Å². The summed E-state index contributed by atoms with van der Waals surface area (Å²) in [5, 5.41) is 0.741. The summed E-state index contributed by atoms with van der Waals surface area (Å²) in [6, 6.07) is 12.1. The number of hydrogen-bond donors (Lipinski definition) is 0. The molecule has 2 aromatic rings. The highest BCUT2D eigenvalue weighted by atomic mass is 79.9. The van der Waals surface area contributed by atoms with Crippen LogP contribution in [0.3, 0.4) is 0 Å². The maximum atomic E-state index is 13.7. The Morgan fingerprint density at radius 2 is 2.04 bits per heavy atom. The van der Waals surface area contributed by atoms with Crippen LogP contribution in [-0.4, -0.2) is 29.1 Å². The fraction of sp³-hybridized carbons (Fsp3) is 0.238. The van der Waals surface area contributed by atoms with Crippen molar-refractivity contribution in [2.24, 2.45) is 4.99 Å². The Morgan fingerprint density at radius 3 is 2.71 bits per heavy atom. The van der Waals surface area contributed by atoms with Gasteiger partial charge in [-0.1, -0.05) is 24.3 Å². The predicted molar refractivity (Wildman–Crippen MR) is 116 cm³/mol. The smallest absolute Gasteiger partial charge is 0.266 e. The number of benzene rings is 2. The number of aliphatic imine (C=N–C) groups is 1. The number of hydrogen-bond acceptors (Lipinski definition) is 4. The molecule has 2 aromatic carbocycles. The lowest BCUT2D eigenvalue weighted by atomic mass is 10.2. The Morgan fingerprint density at radius 1 is 1.25 bits per heavy atom. The van der Waals surface area contributed by atoms with E-state index in [1.165, 1.54) is 17.8 Å². The third-order valence-corrected chi connectivity index (χ3v) is 5.76. The van der Waals surface area contributed by atoms with Gasteiger partial charge in [-0.05, 0) is 71.4 Å². The molecule has 1 heterocycles. The fourth-order valence-corrected chi connectivity index (χ4v) is 4.30. The average Bonchev–Trinajstić information content (AvgIpc) is 2.97. The second kappa shape index (κ2) is 9.39. The molecule has 1 aliphatic heterocycles. The number of carbonyl (C=O) groups is 1. The normalized spacial score (nSPS) is 17.0. The van der Waals surface area contributed by atoms with Crippen LogP contribution in [0.15, 0.2) is 56.8 Å². The van der Waals surface area contributed by atoms with Crippen molar-refractivity contribution in [1.82, 2.24) is 4.90 Å². The number of nitrogens with zero attached hydrogens (tertiary/aromatic N) is 2. The van der Waals surface area contributed by atoms with Crippen molar-refractivity contribution < 1.29 is 13.9 Å². The van der Waals surface area contributed by atoms with Crippen LogP contribution >= 0.6 is 27.7 Å². The van der Waals surface area contributed by atoms with E-state index in [2.05, 4.69) is 20.9 Å². The van der Waals surface area contributed by atoms with Gasteiger partial charge in [-0.2, -0.15) is 0 Å². The van der Waals surface area contributed by atoms with Crippen LogP contribution in [0.4, 0.5) is 4.39 Å². The van der Waals surface area contributed by atoms with Crippen LogP contribution in [-0.2, 0) is 11.4 Å². The zero-order chi connectivity index (χ0) is 20.1. The summed E-state index contributed by atoms with van der Waals surface area (Å²) in [6.45, 7) is 5.26. The van der Waals surface area contributed by atoms with Crippen LogP contribution in [0.1, 0.15) is 25.0 Å². The van der Waals surface area contributed by atoms with Crippen molar-refractivity contribution in [3.8, 4) is 5.75 Å². The van der Waals surface area contributed by atoms with Gasteiger partial charge in [-0.3, -0.25) is 14.7 Å². The maximum Gasteiger partial charge on any atom is 0.266 e. The van der Waals surface area contributed by atoms with Gasteiger partial charge in [0.05, 0.1) is 9.38 Å². The minimum Gasteiger partial charge on any atom is -0.488 e. The summed E-state index contributed by atoms with van der Waals surface area (Å²) in [7, 11) is 0. The molecule has 0 saturated carbocycles. The van der Waals surface area contributed by atoms with E-state index in [0.29, 0.717) is 29.3 Å². The van der Waals surface area contributed by atoms with Crippen molar-refractivity contribution in [3.05, 3.63) is 68.8 Å². The van der Waals surface area contributed by atoms with E-state index >= 15 is 0 Å². The van der Waals surface area contributed by atoms with Gasteiger partial charge in [0.2, 0.25) is 0 Å². The lowest BCUT2D eigenvalue weighted by molar-refractivity contribution is -0.122. The monoisotopic (exact) mass is 462 g/mol. The first-order chi connectivity index (χ1) is 13.5. The zero-order valence-electron chi connectivity index (χ0n) is 15.6. The first kappa shape index (κ1) is 20.6. The van der Waals surface area contributed by atoms with Gasteiger partial charge < -0.3 is 4.74 Å². The van der Waals surface area contributed by atoms with E-state index < -0.39 is 0 Å². The molecule has 3 rings (SSSR count). The number of thioether (sulfide) groups is 1. The molecule has 1 amide bonds. The molecule has 146 valence electrons. The third kappa shape index (κ3) is 4.64. The first-order valence-corrected chi connectivity index (χ1v) is 10.6. The summed E-state index contributed by atoms with van der Waals surface area (Å²) in [4.78, 5) is 19.3. The SMILES string of the molecule is CCN=C1S/C(=C/c2ccc(OCc3ccccc3F)c(Br)c2)C(=O)N1CC. The van der Waals surface area contributed by atoms with Crippen molar-refractivity contribution in [2.45, 2.75) is 20.5 Å². The Balaban J connectivity index is 1.75. The van der Waals surface area contributed by atoms with Gasteiger partial charge in [0, 0.05) is 18.7 Å². The van der Waals surface area contributed by atoms with E-state index in [1.54, 1.807) is 29.2 Å². The molecule has 0 unspecified atom stereocenters. The van der Waals surface area contributed by atoms with Gasteiger partial charge in [-0.25, -0.2) is 4.39 Å². The van der Waals surface area contributed by atoms with Gasteiger partial charge in [0.1, 0.15) is 18.2 Å². The Hall–Kier alpha value is -2.12. The largest absolute Gasteiger partial charge is 0.488 e. The average molecular weight is 463 g/mol. The second-order valence-corrected chi connectivity index (χ2v) is 7.85. The lowest BCUT2D eigenvalue weighted by Crippen LogP contribution is -2.28. The molecule has 28 heavy (non-hydrogen) atoms. The molecular formula is C21H20BrFN2O2S. The number of likely N-dealkylation sites (N-methyl/N-ethyl adjacent to an activating group) is 1. The molecule has 0 radical (unpaired) electrons. The summed E-state index contributed by atoms with van der Waals surface area (Å²) in [6.07, 6.45) is 1.85. The summed E-state index contributed by atoms with van der Waals surface area (Å²) in [5.74, 6) is 0.289. The molecular weight excluding hydrogens is 443 g/mol. The van der Waals surface area contributed by atoms with E-state index in [9.17, 15) is 9.18 Å². The van der Waals surface area contributed by atoms with Gasteiger partial charge in [0.15, 0.2) is 5.17 Å². The topological polar surface area (TPSA) is 41.9 Å². The molecule has 0 spiro atoms. The highest BCUT2D eigenvalue weighted by Gasteiger charge is 2.31. The summed E-state index contributed by atoms with van der Waals surface area (Å²) < 4.78 is 20.2. The predicted octanol–water partition coefficient (Wildman–Crippen LogP) is 5.48. The molecule has 0 atom stereocenters. The van der Waals surface area contributed by atoms with Crippen LogP contribution in [0.25, 0.3) is 6.08 Å². The van der Waals surface area contributed by atoms with Crippen LogP contribution in [0, 0.1) is 5.82 Å². The van der Waals surface area contributed by atoms with Crippen LogP contribution in [0.5, 0.6) is 5.75 Å². The Kier molecular flexibility index (Phi) is 6.91.